The minimum Gasteiger partial charge on any atom is -0.451 e. The summed E-state index contributed by atoms with van der Waals surface area (Å²) in [6.07, 6.45) is 4.23. The Morgan fingerprint density at radius 1 is 1.04 bits per heavy atom. The molecule has 0 aromatic rings. The SMILES string of the molecule is C[C@H](OC(=O)[C@H](C)N1C(=O)[C@H]2CCCC[C@@H]2C1=O)C(=O)NC1CC1. The predicted octanol–water partition coefficient (Wildman–Crippen LogP) is 0.760. The Balaban J connectivity index is 1.61. The molecule has 1 aliphatic heterocycles. The predicted molar refractivity (Wildman–Crippen MR) is 83.5 cm³/mol. The molecule has 3 fully saturated rings. The minimum absolute atomic E-state index is 0.181. The van der Waals surface area contributed by atoms with E-state index in [0.717, 1.165) is 30.6 Å². The molecule has 1 heterocycles. The summed E-state index contributed by atoms with van der Waals surface area (Å²) in [6.45, 7) is 2.98. The average Bonchev–Trinajstić information content (AvgIpc) is 3.34. The molecule has 0 bridgehead atoms. The quantitative estimate of drug-likeness (QED) is 0.591. The summed E-state index contributed by atoms with van der Waals surface area (Å²) < 4.78 is 5.17. The number of fused-ring (bicyclic) bond motifs is 1. The molecule has 0 aromatic carbocycles. The summed E-state index contributed by atoms with van der Waals surface area (Å²) >= 11 is 0. The van der Waals surface area contributed by atoms with Crippen LogP contribution in [0.3, 0.4) is 0 Å². The van der Waals surface area contributed by atoms with Gasteiger partial charge in [0, 0.05) is 6.04 Å². The molecular weight excluding hydrogens is 312 g/mol. The van der Waals surface area contributed by atoms with Crippen LogP contribution in [0.4, 0.5) is 0 Å². The van der Waals surface area contributed by atoms with Crippen LogP contribution in [0, 0.1) is 11.8 Å². The van der Waals surface area contributed by atoms with Gasteiger partial charge in [-0.15, -0.1) is 0 Å². The maximum Gasteiger partial charge on any atom is 0.329 e. The van der Waals surface area contributed by atoms with Crippen LogP contribution in [0.1, 0.15) is 52.4 Å². The Labute approximate surface area is 141 Å². The monoisotopic (exact) mass is 336 g/mol. The summed E-state index contributed by atoms with van der Waals surface area (Å²) in [5.41, 5.74) is 0. The van der Waals surface area contributed by atoms with Gasteiger partial charge >= 0.3 is 5.97 Å². The van der Waals surface area contributed by atoms with E-state index < -0.39 is 18.1 Å². The van der Waals surface area contributed by atoms with Crippen molar-refractivity contribution in [1.82, 2.24) is 10.2 Å². The highest BCUT2D eigenvalue weighted by Gasteiger charge is 2.51. The summed E-state index contributed by atoms with van der Waals surface area (Å²) in [7, 11) is 0. The Hall–Kier alpha value is -1.92. The van der Waals surface area contributed by atoms with Gasteiger partial charge in [-0.2, -0.15) is 0 Å². The first-order valence-electron chi connectivity index (χ1n) is 8.78. The maximum atomic E-state index is 12.5. The molecule has 4 atom stereocenters. The van der Waals surface area contributed by atoms with Crippen molar-refractivity contribution in [1.29, 1.82) is 0 Å². The Morgan fingerprint density at radius 2 is 1.58 bits per heavy atom. The van der Waals surface area contributed by atoms with Crippen molar-refractivity contribution in [3.05, 3.63) is 0 Å². The van der Waals surface area contributed by atoms with Crippen molar-refractivity contribution in [3.8, 4) is 0 Å². The number of carbonyl (C=O) groups is 4. The van der Waals surface area contributed by atoms with E-state index in [0.29, 0.717) is 12.8 Å². The number of imide groups is 1. The van der Waals surface area contributed by atoms with E-state index in [9.17, 15) is 19.2 Å². The van der Waals surface area contributed by atoms with Gasteiger partial charge in [-0.05, 0) is 39.5 Å². The van der Waals surface area contributed by atoms with E-state index in [1.807, 2.05) is 0 Å². The fourth-order valence-corrected chi connectivity index (χ4v) is 3.55. The lowest BCUT2D eigenvalue weighted by Gasteiger charge is -2.23. The Morgan fingerprint density at radius 3 is 2.08 bits per heavy atom. The molecule has 2 saturated carbocycles. The van der Waals surface area contributed by atoms with Crippen molar-refractivity contribution >= 4 is 23.7 Å². The number of hydrogen-bond acceptors (Lipinski definition) is 5. The number of nitrogens with zero attached hydrogens (tertiary/aromatic N) is 1. The number of likely N-dealkylation sites (tertiary alicyclic amines) is 1. The molecule has 2 aliphatic carbocycles. The van der Waals surface area contributed by atoms with E-state index in [-0.39, 0.29) is 35.6 Å². The van der Waals surface area contributed by atoms with Crippen molar-refractivity contribution in [2.24, 2.45) is 11.8 Å². The number of nitrogens with one attached hydrogen (secondary N) is 1. The van der Waals surface area contributed by atoms with Gasteiger partial charge in [0.05, 0.1) is 11.8 Å². The molecule has 3 amide bonds. The normalized spacial score (nSPS) is 29.0. The summed E-state index contributed by atoms with van der Waals surface area (Å²) in [4.78, 5) is 50.2. The number of rotatable bonds is 5. The van der Waals surface area contributed by atoms with Crippen molar-refractivity contribution < 1.29 is 23.9 Å². The zero-order chi connectivity index (χ0) is 17.4. The smallest absolute Gasteiger partial charge is 0.329 e. The maximum absolute atomic E-state index is 12.5. The standard InChI is InChI=1S/C17H24N2O5/c1-9(17(23)24-10(2)14(20)18-11-7-8-11)19-15(21)12-5-3-4-6-13(12)16(19)22/h9-13H,3-8H2,1-2H3,(H,18,20)/t9-,10-,12-,13-/m0/s1. The second kappa shape index (κ2) is 6.53. The number of esters is 1. The second-order valence-electron chi connectivity index (χ2n) is 7.08. The number of ether oxygens (including phenoxy) is 1. The van der Waals surface area contributed by atoms with Gasteiger partial charge in [-0.1, -0.05) is 12.8 Å². The van der Waals surface area contributed by atoms with E-state index in [2.05, 4.69) is 5.32 Å². The molecule has 0 radical (unpaired) electrons. The lowest BCUT2D eigenvalue weighted by molar-refractivity contribution is -0.164. The zero-order valence-corrected chi connectivity index (χ0v) is 14.1. The van der Waals surface area contributed by atoms with Gasteiger partial charge in [0.1, 0.15) is 6.04 Å². The van der Waals surface area contributed by atoms with Gasteiger partial charge in [-0.3, -0.25) is 19.3 Å². The Kier molecular flexibility index (Phi) is 4.60. The van der Waals surface area contributed by atoms with Crippen LogP contribution in [-0.4, -0.2) is 46.8 Å². The topological polar surface area (TPSA) is 92.8 Å². The third-order valence-electron chi connectivity index (χ3n) is 5.19. The third kappa shape index (κ3) is 3.16. The van der Waals surface area contributed by atoms with E-state index in [1.165, 1.54) is 13.8 Å². The van der Waals surface area contributed by atoms with Crippen LogP contribution in [0.5, 0.6) is 0 Å². The van der Waals surface area contributed by atoms with Crippen molar-refractivity contribution in [3.63, 3.8) is 0 Å². The van der Waals surface area contributed by atoms with Crippen LogP contribution < -0.4 is 5.32 Å². The Bertz CT molecular complexity index is 547. The molecule has 24 heavy (non-hydrogen) atoms. The third-order valence-corrected chi connectivity index (χ3v) is 5.19. The number of carbonyl (C=O) groups excluding carboxylic acids is 4. The van der Waals surface area contributed by atoms with Gasteiger partial charge < -0.3 is 10.1 Å². The molecule has 1 saturated heterocycles. The van der Waals surface area contributed by atoms with Crippen molar-refractivity contribution in [2.45, 2.75) is 70.6 Å². The molecule has 7 nitrogen and oxygen atoms in total. The summed E-state index contributed by atoms with van der Waals surface area (Å²) in [6, 6.07) is -0.812. The second-order valence-corrected chi connectivity index (χ2v) is 7.08. The molecule has 7 heteroatoms. The zero-order valence-electron chi connectivity index (χ0n) is 14.1. The summed E-state index contributed by atoms with van der Waals surface area (Å²) in [5.74, 6) is -2.19. The lowest BCUT2D eigenvalue weighted by atomic mass is 9.81. The van der Waals surface area contributed by atoms with Crippen LogP contribution in [0.2, 0.25) is 0 Å². The minimum atomic E-state index is -0.994. The highest BCUT2D eigenvalue weighted by atomic mass is 16.5. The fourth-order valence-electron chi connectivity index (χ4n) is 3.55. The molecule has 0 spiro atoms. The fraction of sp³-hybridized carbons (Fsp3) is 0.765. The average molecular weight is 336 g/mol. The lowest BCUT2D eigenvalue weighted by Crippen LogP contribution is -2.46. The largest absolute Gasteiger partial charge is 0.451 e. The highest BCUT2D eigenvalue weighted by molar-refractivity contribution is 6.07. The van der Waals surface area contributed by atoms with E-state index in [4.69, 9.17) is 4.74 Å². The number of amides is 3. The molecular formula is C17H24N2O5. The van der Waals surface area contributed by atoms with E-state index >= 15 is 0 Å². The van der Waals surface area contributed by atoms with Gasteiger partial charge in [0.2, 0.25) is 11.8 Å². The molecule has 1 N–H and O–H groups in total. The van der Waals surface area contributed by atoms with Crippen LogP contribution in [-0.2, 0) is 23.9 Å². The first-order chi connectivity index (χ1) is 11.4. The number of hydrogen-bond donors (Lipinski definition) is 1. The van der Waals surface area contributed by atoms with E-state index in [1.54, 1.807) is 0 Å². The van der Waals surface area contributed by atoms with Crippen LogP contribution in [0.15, 0.2) is 0 Å². The molecule has 3 aliphatic rings. The summed E-state index contributed by atoms with van der Waals surface area (Å²) in [5, 5.41) is 2.76. The first kappa shape index (κ1) is 16.9. The first-order valence-corrected chi connectivity index (χ1v) is 8.78. The highest BCUT2D eigenvalue weighted by Crippen LogP contribution is 2.38. The van der Waals surface area contributed by atoms with Gasteiger partial charge in [0.15, 0.2) is 6.10 Å². The van der Waals surface area contributed by atoms with Crippen LogP contribution in [0.25, 0.3) is 0 Å². The molecule has 132 valence electrons. The van der Waals surface area contributed by atoms with Gasteiger partial charge in [-0.25, -0.2) is 4.79 Å². The molecule has 3 rings (SSSR count). The van der Waals surface area contributed by atoms with Crippen LogP contribution >= 0.6 is 0 Å². The van der Waals surface area contributed by atoms with Gasteiger partial charge in [0.25, 0.3) is 5.91 Å². The molecule has 0 unspecified atom stereocenters. The molecule has 0 aromatic heterocycles. The van der Waals surface area contributed by atoms with Crippen molar-refractivity contribution in [2.75, 3.05) is 0 Å².